The Morgan fingerprint density at radius 1 is 1.37 bits per heavy atom. The lowest BCUT2D eigenvalue weighted by atomic mass is 10.1. The number of nitrogens with one attached hydrogen (secondary N) is 2. The molecule has 0 spiro atoms. The van der Waals surface area contributed by atoms with Crippen molar-refractivity contribution in [2.24, 2.45) is 5.92 Å². The minimum absolute atomic E-state index is 0.0956. The minimum Gasteiger partial charge on any atom is -0.357 e. The van der Waals surface area contributed by atoms with E-state index < -0.39 is 0 Å². The average Bonchev–Trinajstić information content (AvgIpc) is 3.13. The van der Waals surface area contributed by atoms with Crippen molar-refractivity contribution in [3.63, 3.8) is 0 Å². The third kappa shape index (κ3) is 2.87. The fourth-order valence-corrected chi connectivity index (χ4v) is 2.72. The summed E-state index contributed by atoms with van der Waals surface area (Å²) in [5.74, 6) is 1.21. The maximum atomic E-state index is 12.0. The van der Waals surface area contributed by atoms with Gasteiger partial charge in [-0.3, -0.25) is 4.79 Å². The number of nitrogens with zero attached hydrogens (tertiary/aromatic N) is 2. The number of carbonyl (C=O) groups is 1. The normalized spacial score (nSPS) is 22.7. The summed E-state index contributed by atoms with van der Waals surface area (Å²) in [6.07, 6.45) is 5.17. The van der Waals surface area contributed by atoms with Gasteiger partial charge in [-0.15, -0.1) is 0 Å². The minimum atomic E-state index is 0.0956. The Morgan fingerprint density at radius 3 is 2.84 bits per heavy atom. The van der Waals surface area contributed by atoms with Gasteiger partial charge in [0.1, 0.15) is 5.82 Å². The number of rotatable bonds is 3. The summed E-state index contributed by atoms with van der Waals surface area (Å²) in [5, 5.41) is 6.14. The number of aromatic nitrogens is 1. The first-order chi connectivity index (χ1) is 9.33. The molecule has 3 heterocycles. The SMILES string of the molecule is O=C(Nc1ccc(N2CCCC2)nc1)C1CCNC1. The Kier molecular flexibility index (Phi) is 3.64. The smallest absolute Gasteiger partial charge is 0.228 e. The van der Waals surface area contributed by atoms with Crippen LogP contribution in [0.25, 0.3) is 0 Å². The molecule has 19 heavy (non-hydrogen) atoms. The monoisotopic (exact) mass is 260 g/mol. The molecular formula is C14H20N4O. The van der Waals surface area contributed by atoms with Crippen molar-refractivity contribution in [3.05, 3.63) is 18.3 Å². The van der Waals surface area contributed by atoms with Gasteiger partial charge in [0.05, 0.1) is 17.8 Å². The molecule has 2 fully saturated rings. The highest BCUT2D eigenvalue weighted by molar-refractivity contribution is 5.92. The molecule has 0 aliphatic carbocycles. The van der Waals surface area contributed by atoms with Gasteiger partial charge in [0.15, 0.2) is 0 Å². The van der Waals surface area contributed by atoms with Crippen molar-refractivity contribution in [2.75, 3.05) is 36.4 Å². The van der Waals surface area contributed by atoms with Gasteiger partial charge >= 0.3 is 0 Å². The van der Waals surface area contributed by atoms with E-state index in [9.17, 15) is 4.79 Å². The Balaban J connectivity index is 1.60. The van der Waals surface area contributed by atoms with Crippen LogP contribution in [0.4, 0.5) is 11.5 Å². The van der Waals surface area contributed by atoms with Crippen molar-refractivity contribution < 1.29 is 4.79 Å². The zero-order chi connectivity index (χ0) is 13.1. The van der Waals surface area contributed by atoms with Gasteiger partial charge in [-0.1, -0.05) is 0 Å². The molecule has 2 aliphatic rings. The van der Waals surface area contributed by atoms with Crippen LogP contribution in [0.3, 0.4) is 0 Å². The van der Waals surface area contributed by atoms with E-state index in [0.717, 1.165) is 44.1 Å². The maximum absolute atomic E-state index is 12.0. The van der Waals surface area contributed by atoms with Crippen molar-refractivity contribution in [1.82, 2.24) is 10.3 Å². The number of anilines is 2. The predicted octanol–water partition coefficient (Wildman–Crippen LogP) is 1.23. The number of hydrogen-bond acceptors (Lipinski definition) is 4. The fraction of sp³-hybridized carbons (Fsp3) is 0.571. The molecule has 2 saturated heterocycles. The lowest BCUT2D eigenvalue weighted by molar-refractivity contribution is -0.119. The molecule has 2 N–H and O–H groups in total. The van der Waals surface area contributed by atoms with Crippen LogP contribution < -0.4 is 15.5 Å². The summed E-state index contributed by atoms with van der Waals surface area (Å²) in [5.41, 5.74) is 0.792. The Bertz CT molecular complexity index is 433. The molecule has 102 valence electrons. The fourth-order valence-electron chi connectivity index (χ4n) is 2.72. The first-order valence-corrected chi connectivity index (χ1v) is 7.05. The highest BCUT2D eigenvalue weighted by atomic mass is 16.1. The molecule has 1 aromatic rings. The lowest BCUT2D eigenvalue weighted by Crippen LogP contribution is -2.25. The summed E-state index contributed by atoms with van der Waals surface area (Å²) in [6, 6.07) is 3.94. The molecule has 1 amide bonds. The molecular weight excluding hydrogens is 240 g/mol. The topological polar surface area (TPSA) is 57.3 Å². The summed E-state index contributed by atoms with van der Waals surface area (Å²) in [6.45, 7) is 3.90. The van der Waals surface area contributed by atoms with Crippen LogP contribution in [0, 0.1) is 5.92 Å². The summed E-state index contributed by atoms with van der Waals surface area (Å²) in [4.78, 5) is 18.7. The van der Waals surface area contributed by atoms with E-state index in [0.29, 0.717) is 0 Å². The van der Waals surface area contributed by atoms with E-state index in [1.54, 1.807) is 6.20 Å². The second kappa shape index (κ2) is 5.57. The van der Waals surface area contributed by atoms with Crippen LogP contribution in [0.1, 0.15) is 19.3 Å². The molecule has 0 radical (unpaired) electrons. The summed E-state index contributed by atoms with van der Waals surface area (Å²) < 4.78 is 0. The molecule has 0 saturated carbocycles. The summed E-state index contributed by atoms with van der Waals surface area (Å²) >= 11 is 0. The van der Waals surface area contributed by atoms with Crippen LogP contribution in [-0.4, -0.2) is 37.1 Å². The van der Waals surface area contributed by atoms with E-state index >= 15 is 0 Å². The second-order valence-corrected chi connectivity index (χ2v) is 5.28. The van der Waals surface area contributed by atoms with Crippen molar-refractivity contribution in [2.45, 2.75) is 19.3 Å². The van der Waals surface area contributed by atoms with Crippen LogP contribution in [0.15, 0.2) is 18.3 Å². The first-order valence-electron chi connectivity index (χ1n) is 7.05. The lowest BCUT2D eigenvalue weighted by Gasteiger charge is -2.16. The van der Waals surface area contributed by atoms with Gasteiger partial charge in [-0.2, -0.15) is 0 Å². The molecule has 2 aliphatic heterocycles. The largest absolute Gasteiger partial charge is 0.357 e. The van der Waals surface area contributed by atoms with E-state index in [4.69, 9.17) is 0 Å². The van der Waals surface area contributed by atoms with Crippen LogP contribution in [0.5, 0.6) is 0 Å². The molecule has 5 nitrogen and oxygen atoms in total. The van der Waals surface area contributed by atoms with Crippen molar-refractivity contribution in [3.8, 4) is 0 Å². The molecule has 3 rings (SSSR count). The van der Waals surface area contributed by atoms with E-state index in [-0.39, 0.29) is 11.8 Å². The summed E-state index contributed by atoms with van der Waals surface area (Å²) in [7, 11) is 0. The number of carbonyl (C=O) groups excluding carboxylic acids is 1. The van der Waals surface area contributed by atoms with Gasteiger partial charge in [-0.05, 0) is 37.9 Å². The first kappa shape index (κ1) is 12.4. The molecule has 0 bridgehead atoms. The average molecular weight is 260 g/mol. The van der Waals surface area contributed by atoms with Gasteiger partial charge in [0.2, 0.25) is 5.91 Å². The number of pyridine rings is 1. The number of amides is 1. The zero-order valence-electron chi connectivity index (χ0n) is 11.1. The highest BCUT2D eigenvalue weighted by Crippen LogP contribution is 2.19. The molecule has 1 unspecified atom stereocenters. The number of hydrogen-bond donors (Lipinski definition) is 2. The zero-order valence-corrected chi connectivity index (χ0v) is 11.1. The molecule has 5 heteroatoms. The van der Waals surface area contributed by atoms with Crippen molar-refractivity contribution in [1.29, 1.82) is 0 Å². The highest BCUT2D eigenvalue weighted by Gasteiger charge is 2.22. The van der Waals surface area contributed by atoms with E-state index in [1.807, 2.05) is 12.1 Å². The van der Waals surface area contributed by atoms with Crippen LogP contribution >= 0.6 is 0 Å². The molecule has 1 atom stereocenters. The van der Waals surface area contributed by atoms with Crippen molar-refractivity contribution >= 4 is 17.4 Å². The van der Waals surface area contributed by atoms with Gasteiger partial charge < -0.3 is 15.5 Å². The van der Waals surface area contributed by atoms with Gasteiger partial charge in [0, 0.05) is 19.6 Å². The second-order valence-electron chi connectivity index (χ2n) is 5.28. The van der Waals surface area contributed by atoms with E-state index in [1.165, 1.54) is 12.8 Å². The van der Waals surface area contributed by atoms with Gasteiger partial charge in [0.25, 0.3) is 0 Å². The molecule has 1 aromatic heterocycles. The molecule has 0 aromatic carbocycles. The predicted molar refractivity (Wildman–Crippen MR) is 75.3 cm³/mol. The maximum Gasteiger partial charge on any atom is 0.228 e. The van der Waals surface area contributed by atoms with Crippen LogP contribution in [0.2, 0.25) is 0 Å². The Morgan fingerprint density at radius 2 is 2.21 bits per heavy atom. The third-order valence-corrected chi connectivity index (χ3v) is 3.88. The quantitative estimate of drug-likeness (QED) is 0.858. The third-order valence-electron chi connectivity index (χ3n) is 3.88. The standard InChI is InChI=1S/C14H20N4O/c19-14(11-5-6-15-9-11)17-12-3-4-13(16-10-12)18-7-1-2-8-18/h3-4,10-11,15H,1-2,5-9H2,(H,17,19). The van der Waals surface area contributed by atoms with Gasteiger partial charge in [-0.25, -0.2) is 4.98 Å². The Labute approximate surface area is 113 Å². The van der Waals surface area contributed by atoms with E-state index in [2.05, 4.69) is 20.5 Å². The Hall–Kier alpha value is -1.62. The van der Waals surface area contributed by atoms with Crippen LogP contribution in [-0.2, 0) is 4.79 Å².